The van der Waals surface area contributed by atoms with Crippen LogP contribution in [-0.4, -0.2) is 35.1 Å². The number of hydrogen-bond acceptors (Lipinski definition) is 5. The Kier molecular flexibility index (Phi) is 5.26. The maximum absolute atomic E-state index is 11.8. The van der Waals surface area contributed by atoms with Crippen LogP contribution in [0.1, 0.15) is 32.4 Å². The van der Waals surface area contributed by atoms with Gasteiger partial charge in [-0.05, 0) is 26.3 Å². The number of benzene rings is 1. The Labute approximate surface area is 123 Å². The number of amides is 1. The summed E-state index contributed by atoms with van der Waals surface area (Å²) in [6.07, 6.45) is -0.483. The number of nitro benzene ring substituents is 1. The van der Waals surface area contributed by atoms with Crippen LogP contribution in [-0.2, 0) is 4.74 Å². The van der Waals surface area contributed by atoms with E-state index < -0.39 is 22.7 Å². The zero-order valence-corrected chi connectivity index (χ0v) is 12.7. The lowest BCUT2D eigenvalue weighted by Crippen LogP contribution is -2.38. The van der Waals surface area contributed by atoms with Gasteiger partial charge in [0.25, 0.3) is 5.69 Å². The van der Waals surface area contributed by atoms with E-state index in [1.807, 2.05) is 0 Å². The number of carbonyl (C=O) groups excluding carboxylic acids is 1. The van der Waals surface area contributed by atoms with E-state index in [4.69, 9.17) is 10.5 Å². The van der Waals surface area contributed by atoms with Crippen molar-refractivity contribution < 1.29 is 14.5 Å². The maximum atomic E-state index is 11.8. The van der Waals surface area contributed by atoms with E-state index in [1.54, 1.807) is 40.0 Å². The summed E-state index contributed by atoms with van der Waals surface area (Å²) in [7, 11) is 1.57. The number of hydrogen-bond donors (Lipinski definition) is 1. The first-order valence-electron chi connectivity index (χ1n) is 6.54. The molecular formula is C14H21N3O4. The molecular weight excluding hydrogens is 274 g/mol. The highest BCUT2D eigenvalue weighted by Crippen LogP contribution is 2.19. The number of non-ortho nitro benzene ring substituents is 1. The van der Waals surface area contributed by atoms with Gasteiger partial charge in [-0.3, -0.25) is 10.1 Å². The van der Waals surface area contributed by atoms with Gasteiger partial charge in [-0.2, -0.15) is 0 Å². The molecule has 21 heavy (non-hydrogen) atoms. The highest BCUT2D eigenvalue weighted by atomic mass is 16.6. The minimum absolute atomic E-state index is 0.0251. The van der Waals surface area contributed by atoms with Crippen molar-refractivity contribution in [1.82, 2.24) is 4.90 Å². The van der Waals surface area contributed by atoms with Crippen molar-refractivity contribution in [3.63, 3.8) is 0 Å². The Bertz CT molecular complexity index is 525. The van der Waals surface area contributed by atoms with Gasteiger partial charge in [-0.15, -0.1) is 0 Å². The number of nitrogens with two attached hydrogens (primary N) is 1. The minimum atomic E-state index is -0.582. The van der Waals surface area contributed by atoms with Crippen LogP contribution in [0.15, 0.2) is 24.3 Å². The van der Waals surface area contributed by atoms with E-state index in [2.05, 4.69) is 0 Å². The lowest BCUT2D eigenvalue weighted by Gasteiger charge is -2.26. The monoisotopic (exact) mass is 295 g/mol. The molecule has 0 aliphatic rings. The molecule has 1 aromatic carbocycles. The fourth-order valence-corrected chi connectivity index (χ4v) is 1.68. The van der Waals surface area contributed by atoms with Crippen LogP contribution < -0.4 is 5.73 Å². The lowest BCUT2D eigenvalue weighted by molar-refractivity contribution is -0.384. The fraction of sp³-hybridized carbons (Fsp3) is 0.500. The predicted molar refractivity (Wildman–Crippen MR) is 78.9 cm³/mol. The molecule has 1 aromatic rings. The van der Waals surface area contributed by atoms with E-state index in [0.29, 0.717) is 5.56 Å². The van der Waals surface area contributed by atoms with E-state index in [1.165, 1.54) is 17.0 Å². The average molecular weight is 295 g/mol. The van der Waals surface area contributed by atoms with Crippen molar-refractivity contribution in [3.8, 4) is 0 Å². The van der Waals surface area contributed by atoms with Crippen molar-refractivity contribution in [2.45, 2.75) is 32.4 Å². The molecule has 7 heteroatoms. The Hall–Kier alpha value is -2.15. The van der Waals surface area contributed by atoms with Crippen molar-refractivity contribution in [3.05, 3.63) is 39.9 Å². The lowest BCUT2D eigenvalue weighted by atomic mass is 10.1. The molecule has 0 heterocycles. The Morgan fingerprint density at radius 2 is 2.10 bits per heavy atom. The molecule has 0 unspecified atom stereocenters. The molecule has 0 saturated carbocycles. The summed E-state index contributed by atoms with van der Waals surface area (Å²) in [6.45, 7) is 5.54. The zero-order valence-electron chi connectivity index (χ0n) is 12.7. The van der Waals surface area contributed by atoms with Crippen molar-refractivity contribution in [1.29, 1.82) is 0 Å². The van der Waals surface area contributed by atoms with Gasteiger partial charge in [0.05, 0.1) is 4.92 Å². The number of rotatable bonds is 4. The molecule has 0 aliphatic heterocycles. The first-order valence-corrected chi connectivity index (χ1v) is 6.54. The molecule has 1 amide bonds. The summed E-state index contributed by atoms with van der Waals surface area (Å²) < 4.78 is 5.22. The molecule has 0 saturated heterocycles. The van der Waals surface area contributed by atoms with Gasteiger partial charge in [0.1, 0.15) is 5.60 Å². The topological polar surface area (TPSA) is 98.7 Å². The zero-order chi connectivity index (χ0) is 16.2. The van der Waals surface area contributed by atoms with Crippen molar-refractivity contribution in [2.75, 3.05) is 13.6 Å². The van der Waals surface area contributed by atoms with Gasteiger partial charge in [-0.1, -0.05) is 12.1 Å². The minimum Gasteiger partial charge on any atom is -0.444 e. The Balaban J connectivity index is 2.72. The van der Waals surface area contributed by atoms with Crippen LogP contribution in [0.4, 0.5) is 10.5 Å². The standard InChI is InChI=1S/C14H21N3O4/c1-14(2,3)21-13(18)16(4)9-12(15)10-6-5-7-11(8-10)17(19)20/h5-8,12H,9,15H2,1-4H3/t12-/m0/s1. The molecule has 0 aromatic heterocycles. The summed E-state index contributed by atoms with van der Waals surface area (Å²) in [6, 6.07) is 5.55. The molecule has 1 atom stereocenters. The van der Waals surface area contributed by atoms with E-state index in [9.17, 15) is 14.9 Å². The summed E-state index contributed by atoms with van der Waals surface area (Å²) >= 11 is 0. The third-order valence-electron chi connectivity index (χ3n) is 2.68. The molecule has 0 bridgehead atoms. The predicted octanol–water partition coefficient (Wildman–Crippen LogP) is 2.46. The molecule has 0 spiro atoms. The number of carbonyl (C=O) groups is 1. The molecule has 0 aliphatic carbocycles. The average Bonchev–Trinajstić information content (AvgIpc) is 2.36. The summed E-state index contributed by atoms with van der Waals surface area (Å²) in [4.78, 5) is 23.5. The van der Waals surface area contributed by atoms with Gasteiger partial charge in [0.15, 0.2) is 0 Å². The number of nitrogens with zero attached hydrogens (tertiary/aromatic N) is 2. The molecule has 0 radical (unpaired) electrons. The van der Waals surface area contributed by atoms with E-state index >= 15 is 0 Å². The van der Waals surface area contributed by atoms with Crippen molar-refractivity contribution >= 4 is 11.8 Å². The summed E-state index contributed by atoms with van der Waals surface area (Å²) in [5.74, 6) is 0. The highest BCUT2D eigenvalue weighted by molar-refractivity contribution is 5.67. The summed E-state index contributed by atoms with van der Waals surface area (Å²) in [5, 5.41) is 10.7. The SMILES string of the molecule is CN(C[C@H](N)c1cccc([N+](=O)[O-])c1)C(=O)OC(C)(C)C. The molecule has 1 rings (SSSR count). The van der Waals surface area contributed by atoms with Gasteiger partial charge >= 0.3 is 6.09 Å². The number of likely N-dealkylation sites (N-methyl/N-ethyl adjacent to an activating group) is 1. The largest absolute Gasteiger partial charge is 0.444 e. The highest BCUT2D eigenvalue weighted by Gasteiger charge is 2.21. The third kappa shape index (κ3) is 5.39. The quantitative estimate of drug-likeness (QED) is 0.679. The third-order valence-corrected chi connectivity index (χ3v) is 2.68. The van der Waals surface area contributed by atoms with Crippen LogP contribution >= 0.6 is 0 Å². The molecule has 7 nitrogen and oxygen atoms in total. The first-order chi connectivity index (χ1) is 9.60. The van der Waals surface area contributed by atoms with Gasteiger partial charge in [0, 0.05) is 31.8 Å². The second-order valence-corrected chi connectivity index (χ2v) is 5.82. The second kappa shape index (κ2) is 6.53. The smallest absolute Gasteiger partial charge is 0.410 e. The van der Waals surface area contributed by atoms with Crippen molar-refractivity contribution in [2.24, 2.45) is 5.73 Å². The first kappa shape index (κ1) is 16.9. The fourth-order valence-electron chi connectivity index (χ4n) is 1.68. The second-order valence-electron chi connectivity index (χ2n) is 5.82. The van der Waals surface area contributed by atoms with Gasteiger partial charge in [-0.25, -0.2) is 4.79 Å². The molecule has 0 fully saturated rings. The van der Waals surface area contributed by atoms with Gasteiger partial charge < -0.3 is 15.4 Å². The summed E-state index contributed by atoms with van der Waals surface area (Å²) in [5.41, 5.74) is 5.98. The Morgan fingerprint density at radius 3 is 2.62 bits per heavy atom. The normalized spacial score (nSPS) is 12.6. The van der Waals surface area contributed by atoms with E-state index in [-0.39, 0.29) is 12.2 Å². The van der Waals surface area contributed by atoms with Gasteiger partial charge in [0.2, 0.25) is 0 Å². The van der Waals surface area contributed by atoms with E-state index in [0.717, 1.165) is 0 Å². The van der Waals surface area contributed by atoms with Crippen LogP contribution in [0.25, 0.3) is 0 Å². The molecule has 116 valence electrons. The van der Waals surface area contributed by atoms with Crippen LogP contribution in [0, 0.1) is 10.1 Å². The Morgan fingerprint density at radius 1 is 1.48 bits per heavy atom. The molecule has 2 N–H and O–H groups in total. The maximum Gasteiger partial charge on any atom is 0.410 e. The van der Waals surface area contributed by atoms with Crippen LogP contribution in [0.5, 0.6) is 0 Å². The van der Waals surface area contributed by atoms with Crippen LogP contribution in [0.3, 0.4) is 0 Å². The number of nitro groups is 1. The number of ether oxygens (including phenoxy) is 1. The van der Waals surface area contributed by atoms with Crippen LogP contribution in [0.2, 0.25) is 0 Å².